The molecule has 1 N–H and O–H groups in total. The van der Waals surface area contributed by atoms with Crippen LogP contribution in [0.1, 0.15) is 39.3 Å². The molecule has 0 saturated carbocycles. The molecule has 0 bridgehead atoms. The number of carbonyl (C=O) groups is 1. The summed E-state index contributed by atoms with van der Waals surface area (Å²) in [7, 11) is 0. The van der Waals surface area contributed by atoms with Gasteiger partial charge < -0.3 is 10.1 Å². The van der Waals surface area contributed by atoms with Gasteiger partial charge in [0.2, 0.25) is 0 Å². The highest BCUT2D eigenvalue weighted by Gasteiger charge is 2.26. The van der Waals surface area contributed by atoms with Gasteiger partial charge in [0.25, 0.3) is 0 Å². The van der Waals surface area contributed by atoms with Gasteiger partial charge in [-0.3, -0.25) is 9.88 Å². The summed E-state index contributed by atoms with van der Waals surface area (Å²) in [6.07, 6.45) is 3.74. The first-order valence-electron chi connectivity index (χ1n) is 7.55. The number of pyridine rings is 1. The average Bonchev–Trinajstić information content (AvgIpc) is 2.83. The lowest BCUT2D eigenvalue weighted by molar-refractivity contribution is 0.0512. The second kappa shape index (κ2) is 6.89. The van der Waals surface area contributed by atoms with E-state index in [1.54, 1.807) is 0 Å². The van der Waals surface area contributed by atoms with Gasteiger partial charge in [-0.2, -0.15) is 0 Å². The molecule has 2 rings (SSSR count). The van der Waals surface area contributed by atoms with E-state index in [9.17, 15) is 4.79 Å². The summed E-state index contributed by atoms with van der Waals surface area (Å²) in [6.45, 7) is 8.13. The Morgan fingerprint density at radius 1 is 1.48 bits per heavy atom. The summed E-state index contributed by atoms with van der Waals surface area (Å²) in [5, 5.41) is 2.87. The highest BCUT2D eigenvalue weighted by Crippen LogP contribution is 2.19. The number of aromatic nitrogens is 1. The van der Waals surface area contributed by atoms with Crippen molar-refractivity contribution in [2.45, 2.75) is 51.8 Å². The van der Waals surface area contributed by atoms with Gasteiger partial charge in [-0.15, -0.1) is 0 Å². The molecule has 1 aromatic heterocycles. The monoisotopic (exact) mass is 291 g/mol. The first-order chi connectivity index (χ1) is 9.94. The topological polar surface area (TPSA) is 54.5 Å². The molecule has 1 aliphatic rings. The van der Waals surface area contributed by atoms with Crippen molar-refractivity contribution >= 4 is 6.09 Å². The van der Waals surface area contributed by atoms with Crippen LogP contribution in [0.25, 0.3) is 0 Å². The molecule has 0 aliphatic carbocycles. The zero-order valence-electron chi connectivity index (χ0n) is 13.1. The smallest absolute Gasteiger partial charge is 0.407 e. The lowest BCUT2D eigenvalue weighted by Crippen LogP contribution is -2.41. The molecule has 1 atom stereocenters. The van der Waals surface area contributed by atoms with E-state index < -0.39 is 5.60 Å². The van der Waals surface area contributed by atoms with Crippen LogP contribution in [0, 0.1) is 0 Å². The summed E-state index contributed by atoms with van der Waals surface area (Å²) < 4.78 is 5.27. The van der Waals surface area contributed by atoms with Crippen LogP contribution in [0.2, 0.25) is 0 Å². The van der Waals surface area contributed by atoms with Gasteiger partial charge in [0.1, 0.15) is 5.60 Å². The first kappa shape index (κ1) is 15.8. The third-order valence-corrected chi connectivity index (χ3v) is 3.47. The number of alkyl carbamates (subject to hydrolysis) is 1. The minimum absolute atomic E-state index is 0.341. The Labute approximate surface area is 126 Å². The molecule has 1 fully saturated rings. The Morgan fingerprint density at radius 3 is 2.95 bits per heavy atom. The second-order valence-electron chi connectivity index (χ2n) is 6.47. The molecule has 2 heterocycles. The molecule has 1 saturated heterocycles. The summed E-state index contributed by atoms with van der Waals surface area (Å²) >= 11 is 0. The second-order valence-corrected chi connectivity index (χ2v) is 6.47. The van der Waals surface area contributed by atoms with Crippen molar-refractivity contribution in [3.63, 3.8) is 0 Å². The van der Waals surface area contributed by atoms with Crippen LogP contribution in [0.3, 0.4) is 0 Å². The highest BCUT2D eigenvalue weighted by atomic mass is 16.6. The molecule has 1 aliphatic heterocycles. The van der Waals surface area contributed by atoms with Crippen molar-refractivity contribution in [1.29, 1.82) is 0 Å². The third kappa shape index (κ3) is 5.34. The molecule has 5 nitrogen and oxygen atoms in total. The fourth-order valence-corrected chi connectivity index (χ4v) is 2.55. The Hall–Kier alpha value is -1.62. The first-order valence-corrected chi connectivity index (χ1v) is 7.55. The van der Waals surface area contributed by atoms with Gasteiger partial charge in [0, 0.05) is 25.3 Å². The summed E-state index contributed by atoms with van der Waals surface area (Å²) in [5.74, 6) is 0. The Balaban J connectivity index is 1.81. The van der Waals surface area contributed by atoms with E-state index in [1.165, 1.54) is 0 Å². The van der Waals surface area contributed by atoms with E-state index in [4.69, 9.17) is 4.74 Å². The van der Waals surface area contributed by atoms with Gasteiger partial charge >= 0.3 is 6.09 Å². The van der Waals surface area contributed by atoms with Crippen molar-refractivity contribution in [1.82, 2.24) is 15.2 Å². The van der Waals surface area contributed by atoms with E-state index in [1.807, 2.05) is 45.2 Å². The number of hydrogen-bond donors (Lipinski definition) is 1. The standard InChI is InChI=1S/C16H25N3O2/c1-16(2,3)21-15(20)18-11-14-8-6-10-19(14)12-13-7-4-5-9-17-13/h4-5,7,9,14H,6,8,10-12H2,1-3H3,(H,18,20)/t14-/m0/s1. The van der Waals surface area contributed by atoms with Gasteiger partial charge in [-0.25, -0.2) is 4.79 Å². The van der Waals surface area contributed by atoms with Crippen LogP contribution in [-0.2, 0) is 11.3 Å². The van der Waals surface area contributed by atoms with E-state index in [-0.39, 0.29) is 6.09 Å². The minimum Gasteiger partial charge on any atom is -0.444 e. The number of amides is 1. The molecule has 0 unspecified atom stereocenters. The average molecular weight is 291 g/mol. The fourth-order valence-electron chi connectivity index (χ4n) is 2.55. The lowest BCUT2D eigenvalue weighted by Gasteiger charge is -2.25. The number of nitrogens with one attached hydrogen (secondary N) is 1. The predicted octanol–water partition coefficient (Wildman–Crippen LogP) is 2.57. The zero-order valence-corrected chi connectivity index (χ0v) is 13.1. The summed E-state index contributed by atoms with van der Waals surface area (Å²) in [5.41, 5.74) is 0.620. The van der Waals surface area contributed by atoms with E-state index in [0.29, 0.717) is 12.6 Å². The summed E-state index contributed by atoms with van der Waals surface area (Å²) in [4.78, 5) is 18.5. The van der Waals surface area contributed by atoms with E-state index in [2.05, 4.69) is 15.2 Å². The zero-order chi connectivity index (χ0) is 15.3. The summed E-state index contributed by atoms with van der Waals surface area (Å²) in [6, 6.07) is 6.33. The lowest BCUT2D eigenvalue weighted by atomic mass is 10.2. The van der Waals surface area contributed by atoms with Crippen LogP contribution in [0.5, 0.6) is 0 Å². The van der Waals surface area contributed by atoms with Crippen LogP contribution >= 0.6 is 0 Å². The molecule has 0 spiro atoms. The maximum Gasteiger partial charge on any atom is 0.407 e. The van der Waals surface area contributed by atoms with Crippen molar-refractivity contribution in [3.05, 3.63) is 30.1 Å². The Kier molecular flexibility index (Phi) is 5.17. The van der Waals surface area contributed by atoms with E-state index >= 15 is 0 Å². The maximum absolute atomic E-state index is 11.7. The van der Waals surface area contributed by atoms with Crippen LogP contribution in [0.15, 0.2) is 24.4 Å². The third-order valence-electron chi connectivity index (χ3n) is 3.47. The quantitative estimate of drug-likeness (QED) is 0.926. The SMILES string of the molecule is CC(C)(C)OC(=O)NC[C@@H]1CCCN1Cc1ccccn1. The molecule has 1 amide bonds. The van der Waals surface area contributed by atoms with Crippen molar-refractivity contribution in [2.24, 2.45) is 0 Å². The van der Waals surface area contributed by atoms with Crippen LogP contribution in [0.4, 0.5) is 4.79 Å². The largest absolute Gasteiger partial charge is 0.444 e. The number of hydrogen-bond acceptors (Lipinski definition) is 4. The van der Waals surface area contributed by atoms with Crippen LogP contribution < -0.4 is 5.32 Å². The van der Waals surface area contributed by atoms with E-state index in [0.717, 1.165) is 31.6 Å². The molecule has 0 aromatic carbocycles. The van der Waals surface area contributed by atoms with Crippen LogP contribution in [-0.4, -0.2) is 40.7 Å². The van der Waals surface area contributed by atoms with Gasteiger partial charge in [-0.05, 0) is 52.3 Å². The number of rotatable bonds is 4. The van der Waals surface area contributed by atoms with Gasteiger partial charge in [0.05, 0.1) is 5.69 Å². The molecule has 21 heavy (non-hydrogen) atoms. The molecular weight excluding hydrogens is 266 g/mol. The highest BCUT2D eigenvalue weighted by molar-refractivity contribution is 5.67. The molecule has 116 valence electrons. The van der Waals surface area contributed by atoms with Gasteiger partial charge in [0.15, 0.2) is 0 Å². The van der Waals surface area contributed by atoms with Crippen molar-refractivity contribution in [3.8, 4) is 0 Å². The molecule has 5 heteroatoms. The normalized spacial score (nSPS) is 19.5. The molecule has 0 radical (unpaired) electrons. The van der Waals surface area contributed by atoms with Crippen molar-refractivity contribution in [2.75, 3.05) is 13.1 Å². The maximum atomic E-state index is 11.7. The van der Waals surface area contributed by atoms with Crippen molar-refractivity contribution < 1.29 is 9.53 Å². The number of carbonyl (C=O) groups excluding carboxylic acids is 1. The number of likely N-dealkylation sites (tertiary alicyclic amines) is 1. The number of nitrogens with zero attached hydrogens (tertiary/aromatic N) is 2. The van der Waals surface area contributed by atoms with Gasteiger partial charge in [-0.1, -0.05) is 6.07 Å². The molecule has 1 aromatic rings. The Bertz CT molecular complexity index is 456. The predicted molar refractivity (Wildman–Crippen MR) is 81.9 cm³/mol. The number of ether oxygens (including phenoxy) is 1. The Morgan fingerprint density at radius 2 is 2.29 bits per heavy atom. The molecular formula is C16H25N3O2. The fraction of sp³-hybridized carbons (Fsp3) is 0.625. The minimum atomic E-state index is -0.451.